The van der Waals surface area contributed by atoms with E-state index in [1.807, 2.05) is 45.9 Å². The van der Waals surface area contributed by atoms with E-state index in [-0.39, 0.29) is 35.4 Å². The topological polar surface area (TPSA) is 165 Å². The molecule has 334 valence electrons. The second kappa shape index (κ2) is 17.9. The van der Waals surface area contributed by atoms with E-state index in [1.54, 1.807) is 36.8 Å². The Kier molecular flexibility index (Phi) is 11.6. The first-order valence-electron chi connectivity index (χ1n) is 22.6. The Morgan fingerprint density at radius 1 is 0.831 bits per heavy atom. The van der Waals surface area contributed by atoms with Gasteiger partial charge in [-0.1, -0.05) is 30.3 Å². The summed E-state index contributed by atoms with van der Waals surface area (Å²) >= 11 is 0. The number of anilines is 3. The molecule has 5 aliphatic heterocycles. The minimum Gasteiger partial charge on any atom is -0.374 e. The molecule has 0 radical (unpaired) electrons. The first-order valence-corrected chi connectivity index (χ1v) is 22.6. The van der Waals surface area contributed by atoms with Crippen LogP contribution in [0.5, 0.6) is 0 Å². The quantitative estimate of drug-likeness (QED) is 0.152. The molecule has 0 spiro atoms. The molecule has 5 aliphatic rings. The van der Waals surface area contributed by atoms with Crippen LogP contribution in [0.15, 0.2) is 91.4 Å². The molecule has 3 saturated heterocycles. The van der Waals surface area contributed by atoms with Crippen molar-refractivity contribution in [2.75, 3.05) is 61.3 Å². The molecule has 5 amide bonds. The van der Waals surface area contributed by atoms with Gasteiger partial charge in [-0.3, -0.25) is 34.2 Å². The van der Waals surface area contributed by atoms with Gasteiger partial charge in [-0.05, 0) is 116 Å². The predicted octanol–water partition coefficient (Wildman–Crippen LogP) is 5.11. The summed E-state index contributed by atoms with van der Waals surface area (Å²) in [5.74, 6) is -1.01. The molecule has 0 aliphatic carbocycles. The maximum absolute atomic E-state index is 16.0. The van der Waals surface area contributed by atoms with Crippen molar-refractivity contribution in [3.63, 3.8) is 0 Å². The molecule has 7 heterocycles. The Morgan fingerprint density at radius 2 is 1.62 bits per heavy atom. The van der Waals surface area contributed by atoms with Crippen LogP contribution in [0.25, 0.3) is 11.1 Å². The monoisotopic (exact) mass is 878 g/mol. The van der Waals surface area contributed by atoms with E-state index in [0.29, 0.717) is 68.6 Å². The van der Waals surface area contributed by atoms with Crippen LogP contribution in [0, 0.1) is 5.82 Å². The highest BCUT2D eigenvalue weighted by Crippen LogP contribution is 2.38. The number of carbonyl (C=O) groups is 5. The molecular weight excluding hydrogens is 828 g/mol. The molecule has 3 N–H and O–H groups in total. The molecule has 5 aromatic rings. The molecule has 65 heavy (non-hydrogen) atoms. The van der Waals surface area contributed by atoms with Gasteiger partial charge < -0.3 is 29.9 Å². The number of piperidine rings is 2. The van der Waals surface area contributed by atoms with Crippen LogP contribution in [0.1, 0.15) is 76.9 Å². The zero-order valence-corrected chi connectivity index (χ0v) is 36.0. The van der Waals surface area contributed by atoms with Crippen LogP contribution in [0.4, 0.5) is 21.6 Å². The number of carbonyl (C=O) groups excluding carboxylic acids is 5. The average Bonchev–Trinajstić information content (AvgIpc) is 4.05. The first-order chi connectivity index (χ1) is 31.6. The maximum atomic E-state index is 16.0. The van der Waals surface area contributed by atoms with Crippen molar-refractivity contribution in [2.24, 2.45) is 0 Å². The molecule has 15 nitrogen and oxygen atoms in total. The van der Waals surface area contributed by atoms with Crippen molar-refractivity contribution in [1.29, 1.82) is 0 Å². The fraction of sp³-hybridized carbons (Fsp3) is 0.367. The number of aryl methyl sites for hydroxylation is 1. The normalized spacial score (nSPS) is 19.5. The summed E-state index contributed by atoms with van der Waals surface area (Å²) in [7, 11) is 0. The smallest absolute Gasteiger partial charge is 0.255 e. The molecule has 0 saturated carbocycles. The van der Waals surface area contributed by atoms with Crippen molar-refractivity contribution >= 4 is 46.7 Å². The SMILES string of the molecule is O=C1CCC(Nc2ccc(C3CCN(CC(=O)N4CCN(c5ccc(-c6cc(F)c7c(c6)C(=O)N(C(C(=O)Nc6ccccn6)c6ncn8c6CCC8)C7)cc5)CC4)CC3)cc2)C(=O)N1. The second-order valence-electron chi connectivity index (χ2n) is 17.6. The van der Waals surface area contributed by atoms with Crippen molar-refractivity contribution in [2.45, 2.75) is 69.6 Å². The summed E-state index contributed by atoms with van der Waals surface area (Å²) in [4.78, 5) is 81.9. The highest BCUT2D eigenvalue weighted by atomic mass is 19.1. The Labute approximate surface area is 376 Å². The first kappa shape index (κ1) is 42.0. The number of halogens is 1. The fourth-order valence-corrected chi connectivity index (χ4v) is 10.0. The van der Waals surface area contributed by atoms with Crippen molar-refractivity contribution in [3.05, 3.63) is 125 Å². The number of pyridine rings is 1. The Bertz CT molecular complexity index is 2620. The van der Waals surface area contributed by atoms with Crippen LogP contribution < -0.4 is 20.9 Å². The van der Waals surface area contributed by atoms with Crippen LogP contribution in [0.2, 0.25) is 0 Å². The van der Waals surface area contributed by atoms with Crippen molar-refractivity contribution in [1.82, 2.24) is 34.6 Å². The molecule has 0 bridgehead atoms. The summed E-state index contributed by atoms with van der Waals surface area (Å²) < 4.78 is 18.0. The number of fused-ring (bicyclic) bond motifs is 2. The fourth-order valence-electron chi connectivity index (χ4n) is 10.0. The van der Waals surface area contributed by atoms with Gasteiger partial charge in [0.1, 0.15) is 17.7 Å². The van der Waals surface area contributed by atoms with Crippen molar-refractivity contribution < 1.29 is 28.4 Å². The number of nitrogens with zero attached hydrogens (tertiary/aromatic N) is 7. The number of amides is 5. The van der Waals surface area contributed by atoms with Gasteiger partial charge >= 0.3 is 0 Å². The number of piperazine rings is 1. The van der Waals surface area contributed by atoms with Crippen LogP contribution in [0.3, 0.4) is 0 Å². The molecule has 2 unspecified atom stereocenters. The van der Waals surface area contributed by atoms with E-state index in [2.05, 4.69) is 47.9 Å². The van der Waals surface area contributed by atoms with E-state index in [0.717, 1.165) is 67.9 Å². The molecule has 2 aromatic heterocycles. The molecule has 10 rings (SSSR count). The van der Waals surface area contributed by atoms with Gasteiger partial charge in [-0.25, -0.2) is 14.4 Å². The Balaban J connectivity index is 0.725. The third-order valence-corrected chi connectivity index (χ3v) is 13.6. The maximum Gasteiger partial charge on any atom is 0.255 e. The van der Waals surface area contributed by atoms with E-state index in [1.165, 1.54) is 16.5 Å². The summed E-state index contributed by atoms with van der Waals surface area (Å²) in [6.07, 6.45) is 7.67. The zero-order chi connectivity index (χ0) is 44.6. The molecule has 3 aromatic carbocycles. The number of likely N-dealkylation sites (tertiary alicyclic amines) is 1. The molecule has 16 heteroatoms. The lowest BCUT2D eigenvalue weighted by molar-refractivity contribution is -0.134. The summed E-state index contributed by atoms with van der Waals surface area (Å²) in [5, 5.41) is 8.47. The van der Waals surface area contributed by atoms with Gasteiger partial charge in [0.25, 0.3) is 11.8 Å². The minimum absolute atomic E-state index is 0.0653. The van der Waals surface area contributed by atoms with Gasteiger partial charge in [-0.15, -0.1) is 0 Å². The van der Waals surface area contributed by atoms with Gasteiger partial charge in [0.2, 0.25) is 17.7 Å². The van der Waals surface area contributed by atoms with Crippen molar-refractivity contribution in [3.8, 4) is 11.1 Å². The summed E-state index contributed by atoms with van der Waals surface area (Å²) in [5.41, 5.74) is 6.32. The van der Waals surface area contributed by atoms with Gasteiger partial charge in [-0.2, -0.15) is 0 Å². The highest BCUT2D eigenvalue weighted by Gasteiger charge is 2.42. The van der Waals surface area contributed by atoms with Crippen LogP contribution >= 0.6 is 0 Å². The summed E-state index contributed by atoms with van der Waals surface area (Å²) in [6.45, 7) is 5.43. The Morgan fingerprint density at radius 3 is 2.35 bits per heavy atom. The highest BCUT2D eigenvalue weighted by molar-refractivity contribution is 6.04. The second-order valence-corrected chi connectivity index (χ2v) is 17.6. The molecule has 3 fully saturated rings. The molecule has 2 atom stereocenters. The van der Waals surface area contributed by atoms with E-state index in [4.69, 9.17) is 0 Å². The number of benzene rings is 3. The minimum atomic E-state index is -1.07. The zero-order valence-electron chi connectivity index (χ0n) is 36.0. The number of hydrogen-bond donors (Lipinski definition) is 3. The van der Waals surface area contributed by atoms with Gasteiger partial charge in [0.15, 0.2) is 6.04 Å². The lowest BCUT2D eigenvalue weighted by Crippen LogP contribution is -2.51. The van der Waals surface area contributed by atoms with Crippen LogP contribution in [-0.4, -0.2) is 111 Å². The third kappa shape index (κ3) is 8.69. The lowest BCUT2D eigenvalue weighted by atomic mass is 9.89. The number of imidazole rings is 1. The predicted molar refractivity (Wildman–Crippen MR) is 241 cm³/mol. The standard InChI is InChI=1S/C49H51FN10O5/c50-39-27-34(26-37-38(39)28-60(49(37)65)46(45-41-4-3-19-59(41)30-52-45)48(64)54-42-5-1-2-18-51-42)32-8-12-36(13-9-32)57-22-24-58(25-23-57)44(62)29-56-20-16-33(17-21-56)31-6-10-35(11-7-31)53-40-14-15-43(61)55-47(40)63/h1-2,5-13,18,26-27,30,33,40,46,53H,3-4,14-17,19-25,28-29H2,(H,51,54,64)(H,55,61,63). The van der Waals surface area contributed by atoms with E-state index >= 15 is 4.39 Å². The lowest BCUT2D eigenvalue weighted by Gasteiger charge is -2.38. The number of aromatic nitrogens is 3. The van der Waals surface area contributed by atoms with Gasteiger partial charge in [0, 0.05) is 73.5 Å². The van der Waals surface area contributed by atoms with E-state index in [9.17, 15) is 24.0 Å². The molecular formula is C49H51FN10O5. The van der Waals surface area contributed by atoms with E-state index < -0.39 is 29.7 Å². The Hall–Kier alpha value is -6.94. The number of hydrogen-bond acceptors (Lipinski definition) is 10. The largest absolute Gasteiger partial charge is 0.374 e. The average molecular weight is 879 g/mol. The third-order valence-electron chi connectivity index (χ3n) is 13.6. The summed E-state index contributed by atoms with van der Waals surface area (Å²) in [6, 6.07) is 22.9. The van der Waals surface area contributed by atoms with Crippen LogP contribution in [-0.2, 0) is 38.7 Å². The number of rotatable bonds is 11. The number of nitrogens with one attached hydrogen (secondary N) is 3. The number of imide groups is 1. The van der Waals surface area contributed by atoms with Gasteiger partial charge in [0.05, 0.1) is 25.1 Å².